The van der Waals surface area contributed by atoms with Gasteiger partial charge in [0.15, 0.2) is 0 Å². The second-order valence-corrected chi connectivity index (χ2v) is 5.04. The molecule has 122 valence electrons. The molecule has 0 aliphatic rings. The summed E-state index contributed by atoms with van der Waals surface area (Å²) in [5, 5.41) is 0. The van der Waals surface area contributed by atoms with Gasteiger partial charge in [-0.2, -0.15) is 13.2 Å². The van der Waals surface area contributed by atoms with Gasteiger partial charge in [-0.1, -0.05) is 43.0 Å². The van der Waals surface area contributed by atoms with E-state index in [9.17, 15) is 13.2 Å². The minimum absolute atomic E-state index is 0.0965. The average Bonchev–Trinajstić information content (AvgIpc) is 2.47. The van der Waals surface area contributed by atoms with Crippen LogP contribution >= 0.6 is 0 Å². The van der Waals surface area contributed by atoms with Gasteiger partial charge in [-0.15, -0.1) is 0 Å². The normalized spacial score (nSPS) is 13.9. The smallest absolute Gasteiger partial charge is 0.253 e. The van der Waals surface area contributed by atoms with Crippen molar-refractivity contribution in [2.24, 2.45) is 4.99 Å². The number of hydrogen-bond acceptors (Lipinski definition) is 1. The van der Waals surface area contributed by atoms with Gasteiger partial charge in [-0.3, -0.25) is 4.99 Å². The van der Waals surface area contributed by atoms with E-state index in [2.05, 4.69) is 18.2 Å². The van der Waals surface area contributed by atoms with E-state index in [1.165, 1.54) is 18.2 Å². The summed E-state index contributed by atoms with van der Waals surface area (Å²) in [4.78, 5) is 4.16. The Morgan fingerprint density at radius 2 is 1.74 bits per heavy atom. The Morgan fingerprint density at radius 3 is 2.22 bits per heavy atom. The summed E-state index contributed by atoms with van der Waals surface area (Å²) in [6.45, 7) is 12.9. The molecule has 0 N–H and O–H groups in total. The first-order chi connectivity index (χ1) is 10.7. The Labute approximate surface area is 135 Å². The van der Waals surface area contributed by atoms with Crippen LogP contribution in [0.25, 0.3) is 0 Å². The number of rotatable bonds is 5. The molecule has 0 aliphatic carbocycles. The first kappa shape index (κ1) is 18.7. The molecule has 23 heavy (non-hydrogen) atoms. The lowest BCUT2D eigenvalue weighted by Crippen LogP contribution is -2.05. The van der Waals surface area contributed by atoms with Gasteiger partial charge in [-0.25, -0.2) is 0 Å². The van der Waals surface area contributed by atoms with Gasteiger partial charge >= 0.3 is 6.18 Å². The molecule has 1 aromatic rings. The fraction of sp³-hybridized carbons (Fsp3) is 0.211. The lowest BCUT2D eigenvalue weighted by molar-refractivity contribution is -0.137. The zero-order chi connectivity index (χ0) is 17.6. The lowest BCUT2D eigenvalue weighted by Gasteiger charge is -2.11. The number of para-hydroxylation sites is 1. The van der Waals surface area contributed by atoms with E-state index in [1.54, 1.807) is 26.0 Å². The second kappa shape index (κ2) is 7.77. The van der Waals surface area contributed by atoms with Crippen LogP contribution in [0.15, 0.2) is 77.4 Å². The first-order valence-electron chi connectivity index (χ1n) is 7.09. The highest BCUT2D eigenvalue weighted by atomic mass is 19.4. The minimum atomic E-state index is -4.43. The zero-order valence-electron chi connectivity index (χ0n) is 13.5. The number of nitrogens with zero attached hydrogens (tertiary/aromatic N) is 1. The van der Waals surface area contributed by atoms with E-state index in [1.807, 2.05) is 13.0 Å². The van der Waals surface area contributed by atoms with Gasteiger partial charge < -0.3 is 0 Å². The molecule has 0 unspecified atom stereocenters. The topological polar surface area (TPSA) is 12.4 Å². The van der Waals surface area contributed by atoms with Gasteiger partial charge in [0.1, 0.15) is 0 Å². The maximum atomic E-state index is 13.0. The highest BCUT2D eigenvalue weighted by Gasteiger charge is 2.33. The van der Waals surface area contributed by atoms with Gasteiger partial charge in [0, 0.05) is 5.71 Å². The van der Waals surface area contributed by atoms with Gasteiger partial charge in [0.2, 0.25) is 0 Å². The van der Waals surface area contributed by atoms with Crippen molar-refractivity contribution in [1.29, 1.82) is 0 Å². The van der Waals surface area contributed by atoms with Crippen molar-refractivity contribution in [3.8, 4) is 0 Å². The third kappa shape index (κ3) is 5.09. The van der Waals surface area contributed by atoms with Crippen LogP contribution in [-0.2, 0) is 6.18 Å². The highest BCUT2D eigenvalue weighted by molar-refractivity contribution is 6.02. The van der Waals surface area contributed by atoms with E-state index in [0.29, 0.717) is 5.71 Å². The molecule has 4 heteroatoms. The van der Waals surface area contributed by atoms with E-state index in [-0.39, 0.29) is 5.69 Å². The number of hydrogen-bond donors (Lipinski definition) is 0. The van der Waals surface area contributed by atoms with E-state index in [4.69, 9.17) is 0 Å². The number of aliphatic imine (C=N–C) groups is 1. The van der Waals surface area contributed by atoms with Gasteiger partial charge in [-0.05, 0) is 50.1 Å². The molecule has 0 amide bonds. The molecule has 1 rings (SSSR count). The molecule has 0 aliphatic heterocycles. The molecule has 0 radical (unpaired) electrons. The number of benzene rings is 1. The van der Waals surface area contributed by atoms with Gasteiger partial charge in [0.05, 0.1) is 11.3 Å². The van der Waals surface area contributed by atoms with Crippen LogP contribution in [0.3, 0.4) is 0 Å². The SMILES string of the molecule is C=C/C(=C/C(=CC)C(C)=Nc1ccccc1C(F)(F)F)C(=C)C. The summed E-state index contributed by atoms with van der Waals surface area (Å²) in [7, 11) is 0. The van der Waals surface area contributed by atoms with Crippen LogP contribution in [0.2, 0.25) is 0 Å². The van der Waals surface area contributed by atoms with Crippen molar-refractivity contribution < 1.29 is 13.2 Å². The Kier molecular flexibility index (Phi) is 6.31. The van der Waals surface area contributed by atoms with Crippen molar-refractivity contribution >= 4 is 11.4 Å². The number of alkyl halides is 3. The average molecular weight is 319 g/mol. The number of allylic oxidation sites excluding steroid dienone is 6. The molecule has 0 spiro atoms. The molecular formula is C19H20F3N. The Bertz CT molecular complexity index is 689. The summed E-state index contributed by atoms with van der Waals surface area (Å²) in [6, 6.07) is 5.27. The monoisotopic (exact) mass is 319 g/mol. The summed E-state index contributed by atoms with van der Waals surface area (Å²) >= 11 is 0. The third-order valence-electron chi connectivity index (χ3n) is 3.25. The summed E-state index contributed by atoms with van der Waals surface area (Å²) in [5.74, 6) is 0. The molecule has 1 aromatic carbocycles. The predicted molar refractivity (Wildman–Crippen MR) is 91.1 cm³/mol. The van der Waals surface area contributed by atoms with Crippen LogP contribution in [-0.4, -0.2) is 5.71 Å². The predicted octanol–water partition coefficient (Wildman–Crippen LogP) is 6.43. The minimum Gasteiger partial charge on any atom is -0.253 e. The Hall–Kier alpha value is -2.36. The fourth-order valence-electron chi connectivity index (χ4n) is 1.98. The van der Waals surface area contributed by atoms with Crippen molar-refractivity contribution in [3.63, 3.8) is 0 Å². The fourth-order valence-corrected chi connectivity index (χ4v) is 1.98. The maximum Gasteiger partial charge on any atom is 0.418 e. The molecule has 0 fully saturated rings. The second-order valence-electron chi connectivity index (χ2n) is 5.04. The standard InChI is InChI=1S/C19H20F3N/c1-6-15(13(3)4)12-16(7-2)14(5)23-18-11-9-8-10-17(18)19(20,21)22/h6-12H,1,3H2,2,4-5H3/b15-12-,16-7?,23-14?. The number of halogens is 3. The van der Waals surface area contributed by atoms with Crippen LogP contribution in [0.4, 0.5) is 18.9 Å². The molecule has 1 nitrogen and oxygen atoms in total. The van der Waals surface area contributed by atoms with Crippen molar-refractivity contribution in [1.82, 2.24) is 0 Å². The molecule has 0 aromatic heterocycles. The molecular weight excluding hydrogens is 299 g/mol. The Morgan fingerprint density at radius 1 is 1.13 bits per heavy atom. The van der Waals surface area contributed by atoms with Crippen LogP contribution in [0.5, 0.6) is 0 Å². The van der Waals surface area contributed by atoms with Crippen molar-refractivity contribution in [2.45, 2.75) is 26.9 Å². The van der Waals surface area contributed by atoms with E-state index >= 15 is 0 Å². The Balaban J connectivity index is 3.33. The summed E-state index contributed by atoms with van der Waals surface area (Å²) < 4.78 is 39.1. The van der Waals surface area contributed by atoms with Crippen LogP contribution < -0.4 is 0 Å². The molecule has 0 saturated carbocycles. The van der Waals surface area contributed by atoms with E-state index < -0.39 is 11.7 Å². The molecule has 0 atom stereocenters. The van der Waals surface area contributed by atoms with Crippen molar-refractivity contribution in [3.05, 3.63) is 77.9 Å². The van der Waals surface area contributed by atoms with Crippen LogP contribution in [0, 0.1) is 0 Å². The molecule has 0 bridgehead atoms. The van der Waals surface area contributed by atoms with Gasteiger partial charge in [0.25, 0.3) is 0 Å². The summed E-state index contributed by atoms with van der Waals surface area (Å²) in [6.07, 6.45) is 0.824. The molecule has 0 saturated heterocycles. The first-order valence-corrected chi connectivity index (χ1v) is 7.09. The molecule has 0 heterocycles. The highest BCUT2D eigenvalue weighted by Crippen LogP contribution is 2.36. The van der Waals surface area contributed by atoms with Crippen molar-refractivity contribution in [2.75, 3.05) is 0 Å². The lowest BCUT2D eigenvalue weighted by atomic mass is 10.0. The van der Waals surface area contributed by atoms with Crippen LogP contribution in [0.1, 0.15) is 26.3 Å². The third-order valence-corrected chi connectivity index (χ3v) is 3.25. The summed E-state index contributed by atoms with van der Waals surface area (Å²) in [5.41, 5.74) is 2.01. The quantitative estimate of drug-likeness (QED) is 0.438. The maximum absolute atomic E-state index is 13.0. The van der Waals surface area contributed by atoms with E-state index in [0.717, 1.165) is 22.8 Å². The largest absolute Gasteiger partial charge is 0.418 e. The zero-order valence-corrected chi connectivity index (χ0v) is 13.5.